The number of benzene rings is 2. The van der Waals surface area contributed by atoms with Crippen molar-refractivity contribution in [3.8, 4) is 0 Å². The molecule has 186 valence electrons. The molecular weight excluding hydrogens is 487 g/mol. The first-order chi connectivity index (χ1) is 17.1. The van der Waals surface area contributed by atoms with Crippen molar-refractivity contribution in [3.63, 3.8) is 0 Å². The van der Waals surface area contributed by atoms with Gasteiger partial charge in [-0.25, -0.2) is 12.9 Å². The first kappa shape index (κ1) is 25.1. The van der Waals surface area contributed by atoms with Crippen LogP contribution in [0.5, 0.6) is 0 Å². The quantitative estimate of drug-likeness (QED) is 0.383. The van der Waals surface area contributed by atoms with Gasteiger partial charge in [-0.05, 0) is 25.1 Å². The Balaban J connectivity index is 2.02. The number of fused-ring (bicyclic) bond motifs is 1. The zero-order valence-corrected chi connectivity index (χ0v) is 20.6. The van der Waals surface area contributed by atoms with E-state index in [1.165, 1.54) is 23.0 Å². The molecule has 0 fully saturated rings. The summed E-state index contributed by atoms with van der Waals surface area (Å²) in [6, 6.07) is 8.55. The number of nitro benzene ring substituents is 1. The van der Waals surface area contributed by atoms with Gasteiger partial charge in [-0.1, -0.05) is 29.9 Å². The van der Waals surface area contributed by atoms with E-state index in [0.29, 0.717) is 22.0 Å². The van der Waals surface area contributed by atoms with Crippen molar-refractivity contribution >= 4 is 45.0 Å². The van der Waals surface area contributed by atoms with Crippen molar-refractivity contribution < 1.29 is 23.1 Å². The number of carbonyl (C=O) groups is 2. The molecule has 0 saturated heterocycles. The summed E-state index contributed by atoms with van der Waals surface area (Å²) in [6.07, 6.45) is 5.18. The van der Waals surface area contributed by atoms with Gasteiger partial charge in [0.05, 0.1) is 11.5 Å². The van der Waals surface area contributed by atoms with E-state index in [1.54, 1.807) is 24.3 Å². The highest BCUT2D eigenvalue weighted by Gasteiger charge is 2.30. The fourth-order valence-corrected chi connectivity index (χ4v) is 4.53. The lowest BCUT2D eigenvalue weighted by Gasteiger charge is -2.16. The van der Waals surface area contributed by atoms with Crippen LogP contribution in [-0.2, 0) is 22.5 Å². The molecule has 36 heavy (non-hydrogen) atoms. The van der Waals surface area contributed by atoms with Crippen LogP contribution in [0.15, 0.2) is 54.6 Å². The molecule has 1 unspecified atom stereocenters. The molecule has 1 amide bonds. The summed E-state index contributed by atoms with van der Waals surface area (Å²) in [7, 11) is 3.04. The molecule has 0 aliphatic heterocycles. The fraction of sp³-hybridized carbons (Fsp3) is 0.200. The molecule has 3 aromatic rings. The summed E-state index contributed by atoms with van der Waals surface area (Å²) in [5, 5.41) is 11.9. The van der Waals surface area contributed by atoms with E-state index in [4.69, 9.17) is 0 Å². The van der Waals surface area contributed by atoms with E-state index < -0.39 is 27.8 Å². The molecule has 2 aromatic carbocycles. The second kappa shape index (κ2) is 9.96. The van der Waals surface area contributed by atoms with Crippen LogP contribution in [0.2, 0.25) is 0 Å². The standard InChI is InChI=1S/C25H23FN4O5S/c1-15-8-11-21-19(12-15)23(18-6-4-5-7-22(18)31)24(25(32)27-36(35)28(2)3)29(21)14-16-13-17(30(33)34)9-10-20(16)26/h4-6,8-13H,7,14H2,1-3H3,(H,27,32). The maximum Gasteiger partial charge on any atom is 0.281 e. The molecule has 9 nitrogen and oxygen atoms in total. The minimum absolute atomic E-state index is 0.00612. The number of nitro groups is 1. The van der Waals surface area contributed by atoms with E-state index in [2.05, 4.69) is 4.72 Å². The number of amides is 1. The second-order valence-electron chi connectivity index (χ2n) is 8.49. The summed E-state index contributed by atoms with van der Waals surface area (Å²) in [5.41, 5.74) is 1.71. The first-order valence-electron chi connectivity index (χ1n) is 10.9. The molecule has 1 heterocycles. The topological polar surface area (TPSA) is 115 Å². The van der Waals surface area contributed by atoms with Crippen LogP contribution in [0.1, 0.15) is 33.6 Å². The number of allylic oxidation sites excluding steroid dienone is 4. The smallest absolute Gasteiger partial charge is 0.281 e. The van der Waals surface area contributed by atoms with Crippen molar-refractivity contribution in [1.82, 2.24) is 13.6 Å². The number of non-ortho nitro benzene ring substituents is 1. The first-order valence-corrected chi connectivity index (χ1v) is 12.1. The predicted molar refractivity (Wildman–Crippen MR) is 135 cm³/mol. The third-order valence-electron chi connectivity index (χ3n) is 5.79. The minimum atomic E-state index is -1.88. The summed E-state index contributed by atoms with van der Waals surface area (Å²) in [4.78, 5) is 37.1. The third-order valence-corrected chi connectivity index (χ3v) is 6.81. The van der Waals surface area contributed by atoms with Crippen LogP contribution < -0.4 is 4.72 Å². The number of rotatable bonds is 7. The monoisotopic (exact) mass is 510 g/mol. The number of hydrogen-bond acceptors (Lipinski definition) is 5. The van der Waals surface area contributed by atoms with E-state index in [0.717, 1.165) is 23.8 Å². The lowest BCUT2D eigenvalue weighted by Crippen LogP contribution is -2.35. The number of hydrogen-bond donors (Lipinski definition) is 1. The fourth-order valence-electron chi connectivity index (χ4n) is 4.09. The Morgan fingerprint density at radius 3 is 2.67 bits per heavy atom. The molecule has 1 aromatic heterocycles. The summed E-state index contributed by atoms with van der Waals surface area (Å²) in [6.45, 7) is 1.63. The summed E-state index contributed by atoms with van der Waals surface area (Å²) in [5.74, 6) is -1.63. The van der Waals surface area contributed by atoms with Crippen LogP contribution in [0, 0.1) is 22.9 Å². The average Bonchev–Trinajstić information content (AvgIpc) is 3.13. The van der Waals surface area contributed by atoms with E-state index in [-0.39, 0.29) is 35.7 Å². The van der Waals surface area contributed by atoms with Crippen molar-refractivity contribution in [2.75, 3.05) is 14.1 Å². The lowest BCUT2D eigenvalue weighted by molar-refractivity contribution is -0.385. The van der Waals surface area contributed by atoms with Crippen molar-refractivity contribution in [1.29, 1.82) is 0 Å². The molecule has 1 aliphatic carbocycles. The number of aryl methyl sites for hydroxylation is 1. The van der Waals surface area contributed by atoms with Crippen molar-refractivity contribution in [2.45, 2.75) is 19.9 Å². The van der Waals surface area contributed by atoms with E-state index in [9.17, 15) is 28.3 Å². The zero-order chi connectivity index (χ0) is 26.1. The van der Waals surface area contributed by atoms with Gasteiger partial charge < -0.3 is 4.57 Å². The van der Waals surface area contributed by atoms with Crippen LogP contribution in [-0.4, -0.2) is 43.8 Å². The second-order valence-corrected chi connectivity index (χ2v) is 9.92. The van der Waals surface area contributed by atoms with Crippen LogP contribution in [0.4, 0.5) is 10.1 Å². The van der Waals surface area contributed by atoms with Gasteiger partial charge in [0.2, 0.25) is 0 Å². The van der Waals surface area contributed by atoms with Gasteiger partial charge in [0.1, 0.15) is 11.5 Å². The molecule has 0 saturated carbocycles. The van der Waals surface area contributed by atoms with Gasteiger partial charge in [0.25, 0.3) is 11.6 Å². The third kappa shape index (κ3) is 4.75. The number of aromatic nitrogens is 1. The van der Waals surface area contributed by atoms with Gasteiger partial charge in [-0.2, -0.15) is 0 Å². The van der Waals surface area contributed by atoms with Crippen LogP contribution in [0.3, 0.4) is 0 Å². The van der Waals surface area contributed by atoms with Gasteiger partial charge in [-0.3, -0.25) is 24.4 Å². The number of nitrogens with zero attached hydrogens (tertiary/aromatic N) is 3. The molecular formula is C25H23FN4O5S. The molecule has 11 heteroatoms. The van der Waals surface area contributed by atoms with E-state index in [1.807, 2.05) is 19.1 Å². The van der Waals surface area contributed by atoms with Gasteiger partial charge in [-0.15, -0.1) is 0 Å². The zero-order valence-electron chi connectivity index (χ0n) is 19.8. The van der Waals surface area contributed by atoms with Crippen LogP contribution >= 0.6 is 0 Å². The molecule has 1 aliphatic rings. The Morgan fingerprint density at radius 2 is 2.00 bits per heavy atom. The van der Waals surface area contributed by atoms with Crippen molar-refractivity contribution in [3.05, 3.63) is 92.9 Å². The average molecular weight is 511 g/mol. The highest BCUT2D eigenvalue weighted by atomic mass is 32.2. The number of nitrogens with one attached hydrogen (secondary N) is 1. The molecule has 1 N–H and O–H groups in total. The van der Waals surface area contributed by atoms with Gasteiger partial charge in [0.15, 0.2) is 17.0 Å². The highest BCUT2D eigenvalue weighted by molar-refractivity contribution is 7.81. The Bertz CT molecular complexity index is 1510. The van der Waals surface area contributed by atoms with Crippen LogP contribution in [0.25, 0.3) is 16.5 Å². The number of ketones is 1. The number of carbonyl (C=O) groups excluding carboxylic acids is 2. The number of halogens is 1. The SMILES string of the molecule is Cc1ccc2c(c1)c(C1=CC=CCC1=O)c(C(=O)NS(=O)N(C)C)n2Cc1cc([N+](=O)[O-])ccc1F. The Hall–Kier alpha value is -3.96. The Morgan fingerprint density at radius 1 is 1.25 bits per heavy atom. The lowest BCUT2D eigenvalue weighted by atomic mass is 9.93. The predicted octanol–water partition coefficient (Wildman–Crippen LogP) is 3.83. The normalized spacial score (nSPS) is 14.2. The Labute approximate surface area is 208 Å². The minimum Gasteiger partial charge on any atom is -0.331 e. The maximum absolute atomic E-state index is 14.8. The van der Waals surface area contributed by atoms with Crippen molar-refractivity contribution in [2.24, 2.45) is 0 Å². The summed E-state index contributed by atoms with van der Waals surface area (Å²) < 4.78 is 32.5. The molecule has 0 bridgehead atoms. The Kier molecular flexibility index (Phi) is 6.95. The summed E-state index contributed by atoms with van der Waals surface area (Å²) >= 11 is -1.88. The highest BCUT2D eigenvalue weighted by Crippen LogP contribution is 2.36. The largest absolute Gasteiger partial charge is 0.331 e. The molecule has 0 radical (unpaired) electrons. The van der Waals surface area contributed by atoms with E-state index >= 15 is 0 Å². The molecule has 4 rings (SSSR count). The van der Waals surface area contributed by atoms with Gasteiger partial charge in [0, 0.05) is 60.3 Å². The number of Topliss-reactive ketones (excluding diaryl/α,β-unsaturated/α-hetero) is 1. The maximum atomic E-state index is 14.8. The van der Waals surface area contributed by atoms with Gasteiger partial charge >= 0.3 is 0 Å². The molecule has 0 spiro atoms. The molecule has 1 atom stereocenters.